The van der Waals surface area contributed by atoms with Gasteiger partial charge >= 0.3 is 0 Å². The van der Waals surface area contributed by atoms with Gasteiger partial charge in [0, 0.05) is 67.0 Å². The van der Waals surface area contributed by atoms with Crippen molar-refractivity contribution < 1.29 is 18.8 Å². The van der Waals surface area contributed by atoms with E-state index in [2.05, 4.69) is 10.3 Å². The topological polar surface area (TPSA) is 79.4 Å². The fourth-order valence-electron chi connectivity index (χ4n) is 3.79. The molecule has 33 heavy (non-hydrogen) atoms. The lowest BCUT2D eigenvalue weighted by atomic mass is 9.96. The minimum Gasteiger partial charge on any atom is -0.351 e. The molecular formula is C25H30FN3O3S. The number of nitrogens with zero attached hydrogens (tertiary/aromatic N) is 2. The van der Waals surface area contributed by atoms with Crippen LogP contribution < -0.4 is 5.32 Å². The molecule has 1 saturated heterocycles. The molecule has 1 fully saturated rings. The first-order valence-corrected chi connectivity index (χ1v) is 12.5. The van der Waals surface area contributed by atoms with Crippen LogP contribution in [0.5, 0.6) is 0 Å². The van der Waals surface area contributed by atoms with Gasteiger partial charge in [0.1, 0.15) is 5.83 Å². The molecule has 1 atom stereocenters. The Kier molecular flexibility index (Phi) is 9.87. The quantitative estimate of drug-likeness (QED) is 0.414. The molecular weight excluding hydrogens is 441 g/mol. The molecule has 1 aromatic heterocycles. The van der Waals surface area contributed by atoms with Crippen LogP contribution in [0.4, 0.5) is 4.39 Å². The van der Waals surface area contributed by atoms with Crippen LogP contribution in [-0.2, 0) is 9.59 Å². The van der Waals surface area contributed by atoms with Crippen LogP contribution in [0.2, 0.25) is 0 Å². The van der Waals surface area contributed by atoms with E-state index in [1.54, 1.807) is 24.4 Å². The van der Waals surface area contributed by atoms with E-state index in [1.165, 1.54) is 36.2 Å². The van der Waals surface area contributed by atoms with Crippen LogP contribution in [-0.4, -0.2) is 58.6 Å². The lowest BCUT2D eigenvalue weighted by Crippen LogP contribution is -2.38. The van der Waals surface area contributed by atoms with Crippen LogP contribution >= 0.6 is 11.8 Å². The molecule has 1 unspecified atom stereocenters. The Morgan fingerprint density at radius 3 is 2.73 bits per heavy atom. The fraction of sp³-hybridized carbons (Fsp3) is 0.440. The maximum Gasteiger partial charge on any atom is 0.250 e. The van der Waals surface area contributed by atoms with Crippen molar-refractivity contribution in [2.45, 2.75) is 32.1 Å². The number of likely N-dealkylation sites (tertiary alicyclic amines) is 1. The van der Waals surface area contributed by atoms with Crippen molar-refractivity contribution in [3.05, 3.63) is 65.8 Å². The second-order valence-corrected chi connectivity index (χ2v) is 9.25. The highest BCUT2D eigenvalue weighted by Gasteiger charge is 2.26. The Morgan fingerprint density at radius 1 is 1.15 bits per heavy atom. The number of amides is 2. The second-order valence-electron chi connectivity index (χ2n) is 8.10. The predicted molar refractivity (Wildman–Crippen MR) is 128 cm³/mol. The third-order valence-electron chi connectivity index (χ3n) is 5.63. The number of piperidine rings is 1. The van der Waals surface area contributed by atoms with Crippen LogP contribution in [0.3, 0.4) is 0 Å². The molecule has 0 aromatic carbocycles. The monoisotopic (exact) mass is 471 g/mol. The molecule has 1 aliphatic heterocycles. The third-order valence-corrected chi connectivity index (χ3v) is 6.76. The van der Waals surface area contributed by atoms with Crippen molar-refractivity contribution in [3.8, 4) is 0 Å². The number of aromatic nitrogens is 1. The highest BCUT2D eigenvalue weighted by atomic mass is 32.2. The van der Waals surface area contributed by atoms with Crippen LogP contribution in [0.15, 0.2) is 60.2 Å². The molecule has 6 nitrogen and oxygen atoms in total. The Balaban J connectivity index is 1.50. The van der Waals surface area contributed by atoms with Gasteiger partial charge in [0.2, 0.25) is 5.91 Å². The summed E-state index contributed by atoms with van der Waals surface area (Å²) < 4.78 is 13.3. The molecule has 2 amide bonds. The summed E-state index contributed by atoms with van der Waals surface area (Å²) >= 11 is 1.53. The number of hydrogen-bond acceptors (Lipinski definition) is 5. The highest BCUT2D eigenvalue weighted by molar-refractivity contribution is 7.99. The largest absolute Gasteiger partial charge is 0.351 e. The third kappa shape index (κ3) is 7.96. The van der Waals surface area contributed by atoms with Crippen molar-refractivity contribution in [1.82, 2.24) is 15.2 Å². The standard InChI is InChI=1S/C25H30FN3O3S/c26-22-8-4-6-19(9-10-22)25(32)28-12-15-33-18-21(24(31)20-7-5-11-27-17-20)16-23(30)29-13-2-1-3-14-29/h5-11,17,21H,1-4,12-16,18H2,(H,28,32). The maximum absolute atomic E-state index is 13.3. The number of carbonyl (C=O) groups excluding carboxylic acids is 3. The van der Waals surface area contributed by atoms with Crippen LogP contribution in [0.25, 0.3) is 0 Å². The van der Waals surface area contributed by atoms with Crippen LogP contribution in [0, 0.1) is 5.92 Å². The van der Waals surface area contributed by atoms with Gasteiger partial charge in [-0.15, -0.1) is 0 Å². The first-order valence-electron chi connectivity index (χ1n) is 11.4. The molecule has 0 saturated carbocycles. The average Bonchev–Trinajstić information content (AvgIpc) is 3.08. The number of nitrogens with one attached hydrogen (secondary N) is 1. The Bertz CT molecular complexity index is 924. The molecule has 176 valence electrons. The molecule has 3 rings (SSSR count). The van der Waals surface area contributed by atoms with Gasteiger partial charge in [-0.05, 0) is 56.0 Å². The summed E-state index contributed by atoms with van der Waals surface area (Å²) in [5.74, 6) is -0.00510. The molecule has 8 heteroatoms. The normalized spacial score (nSPS) is 16.9. The lowest BCUT2D eigenvalue weighted by Gasteiger charge is -2.28. The summed E-state index contributed by atoms with van der Waals surface area (Å²) in [6, 6.07) is 3.45. The summed E-state index contributed by atoms with van der Waals surface area (Å²) in [7, 11) is 0. The molecule has 1 N–H and O–H groups in total. The molecule has 0 bridgehead atoms. The van der Waals surface area contributed by atoms with E-state index < -0.39 is 5.92 Å². The number of Topliss-reactive ketones (excluding diaryl/α,β-unsaturated/α-hetero) is 1. The second kappa shape index (κ2) is 13.1. The summed E-state index contributed by atoms with van der Waals surface area (Å²) in [5, 5.41) is 2.83. The van der Waals surface area contributed by atoms with Crippen molar-refractivity contribution >= 4 is 29.4 Å². The zero-order valence-corrected chi connectivity index (χ0v) is 19.5. The minimum absolute atomic E-state index is 0.0266. The molecule has 1 aliphatic carbocycles. The highest BCUT2D eigenvalue weighted by Crippen LogP contribution is 2.21. The molecule has 2 aliphatic rings. The number of halogens is 1. The van der Waals surface area contributed by atoms with Gasteiger partial charge < -0.3 is 10.2 Å². The van der Waals surface area contributed by atoms with E-state index in [-0.39, 0.29) is 29.8 Å². The number of hydrogen-bond donors (Lipinski definition) is 1. The maximum atomic E-state index is 13.3. The molecule has 0 spiro atoms. The molecule has 0 radical (unpaired) electrons. The van der Waals surface area contributed by atoms with E-state index in [0.717, 1.165) is 32.4 Å². The first-order chi connectivity index (χ1) is 16.0. The lowest BCUT2D eigenvalue weighted by molar-refractivity contribution is -0.132. The SMILES string of the molecule is O=C(NCCSCC(CC(=O)N1CCCCC1)C(=O)c1cccnc1)C1=CCC=C(F)C=C1. The summed E-state index contributed by atoms with van der Waals surface area (Å²) in [4.78, 5) is 44.0. The van der Waals surface area contributed by atoms with Gasteiger partial charge in [-0.2, -0.15) is 11.8 Å². The number of ketones is 1. The first kappa shape index (κ1) is 24.9. The Morgan fingerprint density at radius 2 is 1.97 bits per heavy atom. The summed E-state index contributed by atoms with van der Waals surface area (Å²) in [6.07, 6.45) is 12.7. The smallest absolute Gasteiger partial charge is 0.250 e. The average molecular weight is 472 g/mol. The fourth-order valence-corrected chi connectivity index (χ4v) is 4.76. The Hall–Kier alpha value is -2.74. The number of pyridine rings is 1. The van der Waals surface area contributed by atoms with Crippen LogP contribution in [0.1, 0.15) is 42.5 Å². The van der Waals surface area contributed by atoms with Gasteiger partial charge in [0.05, 0.1) is 0 Å². The zero-order valence-electron chi connectivity index (χ0n) is 18.7. The van der Waals surface area contributed by atoms with Gasteiger partial charge in [-0.3, -0.25) is 19.4 Å². The minimum atomic E-state index is -0.439. The van der Waals surface area contributed by atoms with E-state index in [9.17, 15) is 18.8 Å². The van der Waals surface area contributed by atoms with E-state index in [1.807, 2.05) is 4.90 Å². The predicted octanol–water partition coefficient (Wildman–Crippen LogP) is 3.87. The number of allylic oxidation sites excluding steroid dienone is 4. The molecule has 2 heterocycles. The van der Waals surface area contributed by atoms with Crippen molar-refractivity contribution in [2.75, 3.05) is 31.1 Å². The van der Waals surface area contributed by atoms with Crippen molar-refractivity contribution in [2.24, 2.45) is 5.92 Å². The Labute approximate surface area is 198 Å². The zero-order chi connectivity index (χ0) is 23.5. The summed E-state index contributed by atoms with van der Waals surface area (Å²) in [5.41, 5.74) is 0.941. The number of rotatable bonds is 10. The number of thioether (sulfide) groups is 1. The molecule has 1 aromatic rings. The van der Waals surface area contributed by atoms with E-state index in [4.69, 9.17) is 0 Å². The van der Waals surface area contributed by atoms with Gasteiger partial charge in [0.25, 0.3) is 5.91 Å². The van der Waals surface area contributed by atoms with Crippen molar-refractivity contribution in [1.29, 1.82) is 0 Å². The van der Waals surface area contributed by atoms with Gasteiger partial charge in [0.15, 0.2) is 5.78 Å². The van der Waals surface area contributed by atoms with E-state index in [0.29, 0.717) is 35.6 Å². The summed E-state index contributed by atoms with van der Waals surface area (Å²) in [6.45, 7) is 1.93. The van der Waals surface area contributed by atoms with Crippen molar-refractivity contribution in [3.63, 3.8) is 0 Å². The number of carbonyl (C=O) groups is 3. The van der Waals surface area contributed by atoms with E-state index >= 15 is 0 Å². The van der Waals surface area contributed by atoms with Gasteiger partial charge in [-0.25, -0.2) is 4.39 Å². The van der Waals surface area contributed by atoms with Gasteiger partial charge in [-0.1, -0.05) is 6.08 Å².